The zero-order chi connectivity index (χ0) is 18.8. The number of fused-ring (bicyclic) bond motifs is 1. The zero-order valence-corrected chi connectivity index (χ0v) is 15.3. The van der Waals surface area contributed by atoms with E-state index in [1.807, 2.05) is 49.4 Å². The summed E-state index contributed by atoms with van der Waals surface area (Å²) in [4.78, 5) is 9.44. The molecule has 1 unspecified atom stereocenters. The Bertz CT molecular complexity index is 1090. The Hall–Kier alpha value is -3.40. The molecule has 0 spiro atoms. The summed E-state index contributed by atoms with van der Waals surface area (Å²) >= 11 is 0. The van der Waals surface area contributed by atoms with Crippen LogP contribution in [0.5, 0.6) is 5.75 Å². The van der Waals surface area contributed by atoms with Gasteiger partial charge in [-0.1, -0.05) is 48.5 Å². The number of anilines is 1. The summed E-state index contributed by atoms with van der Waals surface area (Å²) in [5.74, 6) is 1.44. The summed E-state index contributed by atoms with van der Waals surface area (Å²) in [6, 6.07) is 23.6. The molecular formula is C23H21N3O. The molecule has 1 heterocycles. The van der Waals surface area contributed by atoms with E-state index in [0.29, 0.717) is 11.4 Å². The first-order valence-electron chi connectivity index (χ1n) is 9.00. The van der Waals surface area contributed by atoms with Gasteiger partial charge in [0.1, 0.15) is 11.6 Å². The predicted octanol–water partition coefficient (Wildman–Crippen LogP) is 5.48. The average molecular weight is 355 g/mol. The van der Waals surface area contributed by atoms with Gasteiger partial charge in [-0.2, -0.15) is 0 Å². The Morgan fingerprint density at radius 1 is 0.889 bits per heavy atom. The minimum absolute atomic E-state index is 0.0859. The minimum Gasteiger partial charge on any atom is -0.507 e. The van der Waals surface area contributed by atoms with Crippen molar-refractivity contribution in [3.8, 4) is 17.1 Å². The Morgan fingerprint density at radius 3 is 2.41 bits per heavy atom. The van der Waals surface area contributed by atoms with Crippen molar-refractivity contribution in [2.45, 2.75) is 19.9 Å². The van der Waals surface area contributed by atoms with Gasteiger partial charge in [-0.05, 0) is 49.2 Å². The summed E-state index contributed by atoms with van der Waals surface area (Å²) < 4.78 is 0. The SMILES string of the molecule is Cc1ccc2c(NC(C)c3ccccc3)nc(-c3ccccc3O)nc2c1. The number of nitrogens with zero attached hydrogens (tertiary/aromatic N) is 2. The molecule has 0 bridgehead atoms. The Kier molecular flexibility index (Phi) is 4.47. The number of hydrogen-bond acceptors (Lipinski definition) is 4. The van der Waals surface area contributed by atoms with Crippen LogP contribution in [0.2, 0.25) is 0 Å². The van der Waals surface area contributed by atoms with Gasteiger partial charge in [-0.25, -0.2) is 9.97 Å². The number of aromatic hydroxyl groups is 1. The third kappa shape index (κ3) is 3.47. The number of phenols is 1. The summed E-state index contributed by atoms with van der Waals surface area (Å²) in [6.07, 6.45) is 0. The fraction of sp³-hybridized carbons (Fsp3) is 0.130. The van der Waals surface area contributed by atoms with Gasteiger partial charge >= 0.3 is 0 Å². The van der Waals surface area contributed by atoms with Gasteiger partial charge in [0.15, 0.2) is 5.82 Å². The van der Waals surface area contributed by atoms with Crippen molar-refractivity contribution in [1.82, 2.24) is 9.97 Å². The lowest BCUT2D eigenvalue weighted by atomic mass is 10.1. The van der Waals surface area contributed by atoms with Crippen molar-refractivity contribution in [2.24, 2.45) is 0 Å². The summed E-state index contributed by atoms with van der Waals surface area (Å²) in [7, 11) is 0. The lowest BCUT2D eigenvalue weighted by molar-refractivity contribution is 0.477. The van der Waals surface area contributed by atoms with Crippen LogP contribution in [0.3, 0.4) is 0 Å². The van der Waals surface area contributed by atoms with E-state index in [1.54, 1.807) is 12.1 Å². The van der Waals surface area contributed by atoms with Gasteiger partial charge in [0, 0.05) is 11.4 Å². The van der Waals surface area contributed by atoms with Gasteiger partial charge in [-0.3, -0.25) is 0 Å². The van der Waals surface area contributed by atoms with Crippen molar-refractivity contribution < 1.29 is 5.11 Å². The smallest absolute Gasteiger partial charge is 0.165 e. The molecule has 1 atom stereocenters. The molecule has 0 fully saturated rings. The molecule has 0 aliphatic carbocycles. The minimum atomic E-state index is 0.0859. The molecule has 0 aliphatic heterocycles. The fourth-order valence-electron chi connectivity index (χ4n) is 3.16. The number of aromatic nitrogens is 2. The lowest BCUT2D eigenvalue weighted by Gasteiger charge is -2.17. The zero-order valence-electron chi connectivity index (χ0n) is 15.3. The standard InChI is InChI=1S/C23H21N3O/c1-15-12-13-18-20(14-15)25-23(19-10-6-7-11-21(19)27)26-22(18)24-16(2)17-8-4-3-5-9-17/h3-14,16,27H,1-2H3,(H,24,25,26). The molecule has 3 aromatic carbocycles. The first-order chi connectivity index (χ1) is 13.1. The third-order valence-electron chi connectivity index (χ3n) is 4.65. The van der Waals surface area contributed by atoms with E-state index >= 15 is 0 Å². The highest BCUT2D eigenvalue weighted by Crippen LogP contribution is 2.31. The van der Waals surface area contributed by atoms with E-state index in [2.05, 4.69) is 30.4 Å². The van der Waals surface area contributed by atoms with E-state index < -0.39 is 0 Å². The molecule has 4 nitrogen and oxygen atoms in total. The number of aryl methyl sites for hydroxylation is 1. The highest BCUT2D eigenvalue weighted by Gasteiger charge is 2.14. The number of rotatable bonds is 4. The Balaban J connectivity index is 1.84. The Morgan fingerprint density at radius 2 is 1.63 bits per heavy atom. The second-order valence-corrected chi connectivity index (χ2v) is 6.71. The van der Waals surface area contributed by atoms with Crippen LogP contribution in [0.15, 0.2) is 72.8 Å². The molecule has 0 saturated carbocycles. The van der Waals surface area contributed by atoms with E-state index in [0.717, 1.165) is 22.3 Å². The number of hydrogen-bond donors (Lipinski definition) is 2. The quantitative estimate of drug-likeness (QED) is 0.509. The molecule has 0 aliphatic rings. The van der Waals surface area contributed by atoms with Crippen LogP contribution >= 0.6 is 0 Å². The molecule has 0 saturated heterocycles. The lowest BCUT2D eigenvalue weighted by Crippen LogP contribution is -2.09. The molecule has 134 valence electrons. The normalized spacial score (nSPS) is 12.1. The number of benzene rings is 3. The van der Waals surface area contributed by atoms with Crippen LogP contribution in [0.4, 0.5) is 5.82 Å². The van der Waals surface area contributed by atoms with Crippen molar-refractivity contribution in [1.29, 1.82) is 0 Å². The van der Waals surface area contributed by atoms with Crippen molar-refractivity contribution in [3.05, 3.63) is 83.9 Å². The number of nitrogens with one attached hydrogen (secondary N) is 1. The highest BCUT2D eigenvalue weighted by molar-refractivity contribution is 5.91. The van der Waals surface area contributed by atoms with Gasteiger partial charge in [0.2, 0.25) is 0 Å². The van der Waals surface area contributed by atoms with Crippen molar-refractivity contribution in [3.63, 3.8) is 0 Å². The van der Waals surface area contributed by atoms with Crippen LogP contribution in [0.25, 0.3) is 22.3 Å². The van der Waals surface area contributed by atoms with Crippen molar-refractivity contribution in [2.75, 3.05) is 5.32 Å². The number of phenolic OH excluding ortho intramolecular Hbond substituents is 1. The van der Waals surface area contributed by atoms with E-state index in [4.69, 9.17) is 9.97 Å². The van der Waals surface area contributed by atoms with Crippen LogP contribution in [0.1, 0.15) is 24.1 Å². The maximum atomic E-state index is 10.2. The summed E-state index contributed by atoms with van der Waals surface area (Å²) in [6.45, 7) is 4.15. The summed E-state index contributed by atoms with van der Waals surface area (Å²) in [5, 5.41) is 14.7. The fourth-order valence-corrected chi connectivity index (χ4v) is 3.16. The van der Waals surface area contributed by atoms with Crippen LogP contribution < -0.4 is 5.32 Å². The molecule has 0 radical (unpaired) electrons. The van der Waals surface area contributed by atoms with E-state index in [9.17, 15) is 5.11 Å². The van der Waals surface area contributed by atoms with Gasteiger partial charge in [0.25, 0.3) is 0 Å². The molecule has 4 aromatic rings. The maximum absolute atomic E-state index is 10.2. The first-order valence-corrected chi connectivity index (χ1v) is 9.00. The van der Waals surface area contributed by atoms with Crippen LogP contribution in [0, 0.1) is 6.92 Å². The number of para-hydroxylation sites is 1. The van der Waals surface area contributed by atoms with Crippen LogP contribution in [-0.4, -0.2) is 15.1 Å². The van der Waals surface area contributed by atoms with Crippen molar-refractivity contribution >= 4 is 16.7 Å². The molecule has 2 N–H and O–H groups in total. The topological polar surface area (TPSA) is 58.0 Å². The van der Waals surface area contributed by atoms with Gasteiger partial charge < -0.3 is 10.4 Å². The van der Waals surface area contributed by atoms with E-state index in [-0.39, 0.29) is 11.8 Å². The highest BCUT2D eigenvalue weighted by atomic mass is 16.3. The average Bonchev–Trinajstić information content (AvgIpc) is 2.68. The molecule has 27 heavy (non-hydrogen) atoms. The monoisotopic (exact) mass is 355 g/mol. The van der Waals surface area contributed by atoms with Gasteiger partial charge in [-0.15, -0.1) is 0 Å². The second kappa shape index (κ2) is 7.08. The van der Waals surface area contributed by atoms with Crippen LogP contribution in [-0.2, 0) is 0 Å². The second-order valence-electron chi connectivity index (χ2n) is 6.71. The maximum Gasteiger partial charge on any atom is 0.165 e. The predicted molar refractivity (Wildman–Crippen MR) is 110 cm³/mol. The third-order valence-corrected chi connectivity index (χ3v) is 4.65. The first kappa shape index (κ1) is 17.0. The molecule has 4 heteroatoms. The largest absolute Gasteiger partial charge is 0.507 e. The van der Waals surface area contributed by atoms with Gasteiger partial charge in [0.05, 0.1) is 11.1 Å². The Labute approximate surface area is 158 Å². The molecule has 4 rings (SSSR count). The summed E-state index contributed by atoms with van der Waals surface area (Å²) in [5.41, 5.74) is 3.79. The molecule has 0 amide bonds. The molecular weight excluding hydrogens is 334 g/mol. The van der Waals surface area contributed by atoms with E-state index in [1.165, 1.54) is 5.56 Å². The molecule has 1 aromatic heterocycles.